The average Bonchev–Trinajstić information content (AvgIpc) is 3.39. The van der Waals surface area contributed by atoms with Gasteiger partial charge in [0.15, 0.2) is 23.0 Å². The molecule has 204 valence electrons. The van der Waals surface area contributed by atoms with Crippen LogP contribution in [0.1, 0.15) is 35.3 Å². The Balaban J connectivity index is 1.39. The molecular weight excluding hydrogens is 590 g/mol. The normalized spacial score (nSPS) is 12.9. The predicted molar refractivity (Wildman–Crippen MR) is 151 cm³/mol. The highest BCUT2D eigenvalue weighted by Gasteiger charge is 2.25. The Morgan fingerprint density at radius 1 is 1.13 bits per heavy atom. The first-order valence-electron chi connectivity index (χ1n) is 12.0. The number of carbonyl (C=O) groups is 2. The van der Waals surface area contributed by atoms with Crippen LogP contribution < -0.4 is 29.7 Å². The van der Waals surface area contributed by atoms with E-state index in [1.807, 2.05) is 32.0 Å². The summed E-state index contributed by atoms with van der Waals surface area (Å²) in [5, 5.41) is 7.45. The Morgan fingerprint density at radius 3 is 2.64 bits per heavy atom. The van der Waals surface area contributed by atoms with Gasteiger partial charge in [-0.1, -0.05) is 43.6 Å². The smallest absolute Gasteiger partial charge is 0.262 e. The van der Waals surface area contributed by atoms with E-state index in [1.54, 1.807) is 36.4 Å². The van der Waals surface area contributed by atoms with E-state index < -0.39 is 17.9 Å². The largest absolute Gasteiger partial charge is 0.493 e. The third-order valence-electron chi connectivity index (χ3n) is 5.84. The van der Waals surface area contributed by atoms with Gasteiger partial charge < -0.3 is 24.3 Å². The zero-order valence-electron chi connectivity index (χ0n) is 21.5. The molecule has 1 unspecified atom stereocenters. The lowest BCUT2D eigenvalue weighted by molar-refractivity contribution is -0.123. The Kier molecular flexibility index (Phi) is 9.32. The van der Waals surface area contributed by atoms with Gasteiger partial charge in [-0.25, -0.2) is 5.43 Å². The van der Waals surface area contributed by atoms with Crippen LogP contribution in [-0.2, 0) is 11.4 Å². The molecule has 2 N–H and O–H groups in total. The maximum atomic E-state index is 12.9. The molecule has 11 heteroatoms. The Hall–Kier alpha value is -3.76. The van der Waals surface area contributed by atoms with Crippen molar-refractivity contribution in [3.8, 4) is 23.0 Å². The lowest BCUT2D eigenvalue weighted by Crippen LogP contribution is -2.48. The van der Waals surface area contributed by atoms with Crippen LogP contribution >= 0.6 is 27.5 Å². The highest BCUT2D eigenvalue weighted by molar-refractivity contribution is 9.10. The van der Waals surface area contributed by atoms with Crippen molar-refractivity contribution in [3.63, 3.8) is 0 Å². The van der Waals surface area contributed by atoms with Gasteiger partial charge in [-0.3, -0.25) is 9.59 Å². The number of hydrazone groups is 1. The van der Waals surface area contributed by atoms with Crippen molar-refractivity contribution in [1.82, 2.24) is 10.7 Å². The van der Waals surface area contributed by atoms with Crippen LogP contribution in [0.3, 0.4) is 0 Å². The van der Waals surface area contributed by atoms with Gasteiger partial charge in [0, 0.05) is 16.1 Å². The van der Waals surface area contributed by atoms with Crippen molar-refractivity contribution >= 4 is 45.6 Å². The lowest BCUT2D eigenvalue weighted by Gasteiger charge is -2.20. The van der Waals surface area contributed by atoms with Crippen LogP contribution in [0.2, 0.25) is 5.02 Å². The molecule has 39 heavy (non-hydrogen) atoms. The van der Waals surface area contributed by atoms with Crippen LogP contribution in [0.5, 0.6) is 23.0 Å². The zero-order chi connectivity index (χ0) is 27.9. The average molecular weight is 617 g/mol. The summed E-state index contributed by atoms with van der Waals surface area (Å²) in [6.45, 7) is 4.03. The van der Waals surface area contributed by atoms with E-state index in [1.165, 1.54) is 13.3 Å². The SMILES string of the molecule is COc1cc(/C=N/NC(=O)C(NC(=O)c2ccc3c(c2)OCO3)C(C)C)cc(Br)c1OCc1ccccc1Cl. The summed E-state index contributed by atoms with van der Waals surface area (Å²) in [6, 6.07) is 15.0. The summed E-state index contributed by atoms with van der Waals surface area (Å²) in [6.07, 6.45) is 1.47. The van der Waals surface area contributed by atoms with Crippen molar-refractivity contribution in [3.05, 3.63) is 80.8 Å². The first-order chi connectivity index (χ1) is 18.8. The topological polar surface area (TPSA) is 107 Å². The number of ether oxygens (including phenoxy) is 4. The molecule has 0 saturated carbocycles. The van der Waals surface area contributed by atoms with E-state index >= 15 is 0 Å². The van der Waals surface area contributed by atoms with Gasteiger partial charge in [-0.15, -0.1) is 0 Å². The number of hydrogen-bond acceptors (Lipinski definition) is 7. The van der Waals surface area contributed by atoms with E-state index in [0.29, 0.717) is 43.6 Å². The molecule has 0 spiro atoms. The second-order valence-corrected chi connectivity index (χ2v) is 10.2. The summed E-state index contributed by atoms with van der Waals surface area (Å²) in [7, 11) is 1.53. The second-order valence-electron chi connectivity index (χ2n) is 8.91. The number of nitrogens with zero attached hydrogens (tertiary/aromatic N) is 1. The van der Waals surface area contributed by atoms with E-state index in [2.05, 4.69) is 31.8 Å². The van der Waals surface area contributed by atoms with E-state index in [4.69, 9.17) is 30.5 Å². The molecule has 0 aliphatic carbocycles. The maximum absolute atomic E-state index is 12.9. The summed E-state index contributed by atoms with van der Waals surface area (Å²) >= 11 is 9.74. The maximum Gasteiger partial charge on any atom is 0.262 e. The fraction of sp³-hybridized carbons (Fsp3) is 0.250. The minimum Gasteiger partial charge on any atom is -0.493 e. The van der Waals surface area contributed by atoms with E-state index in [-0.39, 0.29) is 19.3 Å². The predicted octanol–water partition coefficient (Wildman–Crippen LogP) is 5.32. The minimum absolute atomic E-state index is 0.107. The Morgan fingerprint density at radius 2 is 1.90 bits per heavy atom. The van der Waals surface area contributed by atoms with Crippen molar-refractivity contribution in [2.75, 3.05) is 13.9 Å². The molecule has 0 aromatic heterocycles. The van der Waals surface area contributed by atoms with Crippen LogP contribution in [0, 0.1) is 5.92 Å². The molecule has 1 aliphatic rings. The first kappa shape index (κ1) is 28.3. The van der Waals surface area contributed by atoms with E-state index in [9.17, 15) is 9.59 Å². The minimum atomic E-state index is -0.818. The molecule has 3 aromatic carbocycles. The molecule has 0 saturated heterocycles. The van der Waals surface area contributed by atoms with Gasteiger partial charge in [0.1, 0.15) is 12.6 Å². The van der Waals surface area contributed by atoms with Crippen molar-refractivity contribution in [1.29, 1.82) is 0 Å². The third-order valence-corrected chi connectivity index (χ3v) is 6.80. The number of hydrogen-bond donors (Lipinski definition) is 2. The number of nitrogens with one attached hydrogen (secondary N) is 2. The molecule has 2 amide bonds. The monoisotopic (exact) mass is 615 g/mol. The number of fused-ring (bicyclic) bond motifs is 1. The number of amides is 2. The van der Waals surface area contributed by atoms with Crippen LogP contribution in [0.15, 0.2) is 64.2 Å². The summed E-state index contributed by atoms with van der Waals surface area (Å²) in [4.78, 5) is 25.7. The number of carbonyl (C=O) groups excluding carboxylic acids is 2. The molecule has 0 bridgehead atoms. The molecule has 3 aromatic rings. The second kappa shape index (κ2) is 12.9. The zero-order valence-corrected chi connectivity index (χ0v) is 23.8. The summed E-state index contributed by atoms with van der Waals surface area (Å²) in [5.74, 6) is 0.974. The fourth-order valence-corrected chi connectivity index (χ4v) is 4.52. The van der Waals surface area contributed by atoms with Crippen LogP contribution in [0.25, 0.3) is 0 Å². The molecular formula is C28H27BrClN3O6. The summed E-state index contributed by atoms with van der Waals surface area (Å²) in [5.41, 5.74) is 4.35. The first-order valence-corrected chi connectivity index (χ1v) is 13.2. The Bertz CT molecular complexity index is 1400. The number of halogens is 2. The van der Waals surface area contributed by atoms with Crippen molar-refractivity contribution in [2.24, 2.45) is 11.0 Å². The van der Waals surface area contributed by atoms with Gasteiger partial charge in [0.05, 0.1) is 17.8 Å². The number of rotatable bonds is 10. The Labute approximate surface area is 239 Å². The summed E-state index contributed by atoms with van der Waals surface area (Å²) < 4.78 is 22.7. The van der Waals surface area contributed by atoms with Crippen LogP contribution in [-0.4, -0.2) is 38.0 Å². The molecule has 9 nitrogen and oxygen atoms in total. The highest BCUT2D eigenvalue weighted by atomic mass is 79.9. The van der Waals surface area contributed by atoms with E-state index in [0.717, 1.165) is 5.56 Å². The molecule has 4 rings (SSSR count). The quantitative estimate of drug-likeness (QED) is 0.236. The van der Waals surface area contributed by atoms with Gasteiger partial charge >= 0.3 is 0 Å². The van der Waals surface area contributed by atoms with Crippen molar-refractivity contribution in [2.45, 2.75) is 26.5 Å². The number of methoxy groups -OCH3 is 1. The fourth-order valence-electron chi connectivity index (χ4n) is 3.76. The van der Waals surface area contributed by atoms with Gasteiger partial charge in [-0.2, -0.15) is 5.10 Å². The molecule has 1 aliphatic heterocycles. The van der Waals surface area contributed by atoms with Gasteiger partial charge in [0.25, 0.3) is 11.8 Å². The van der Waals surface area contributed by atoms with Gasteiger partial charge in [0.2, 0.25) is 6.79 Å². The molecule has 0 fully saturated rings. The molecule has 1 atom stereocenters. The molecule has 1 heterocycles. The van der Waals surface area contributed by atoms with Gasteiger partial charge in [-0.05, 0) is 63.8 Å². The lowest BCUT2D eigenvalue weighted by atomic mass is 10.0. The van der Waals surface area contributed by atoms with Crippen LogP contribution in [0.4, 0.5) is 0 Å². The van der Waals surface area contributed by atoms with Crippen molar-refractivity contribution < 1.29 is 28.5 Å². The molecule has 0 radical (unpaired) electrons. The third kappa shape index (κ3) is 7.01. The highest BCUT2D eigenvalue weighted by Crippen LogP contribution is 2.37. The number of benzene rings is 3. The standard InChI is InChI=1S/C28H27BrClN3O6/c1-16(2)25(32-27(34)18-8-9-22-23(12-18)39-15-38-22)28(35)33-31-13-17-10-20(29)26(24(11-17)36-3)37-14-19-6-4-5-7-21(19)30/h4-13,16,25H,14-15H2,1-3H3,(H,32,34)(H,33,35)/b31-13+.